The molecule has 2 rings (SSSR count). The lowest BCUT2D eigenvalue weighted by molar-refractivity contribution is -0.143. The number of hydrogen-bond donors (Lipinski definition) is 0. The van der Waals surface area contributed by atoms with E-state index in [1.807, 2.05) is 6.92 Å². The molecule has 0 N–H and O–H groups in total. The number of rotatable bonds is 13. The zero-order valence-corrected chi connectivity index (χ0v) is 19.5. The summed E-state index contributed by atoms with van der Waals surface area (Å²) in [5.74, 6) is -0.0722. The maximum absolute atomic E-state index is 12.3. The van der Waals surface area contributed by atoms with Crippen LogP contribution in [0.3, 0.4) is 0 Å². The van der Waals surface area contributed by atoms with Crippen LogP contribution in [0.4, 0.5) is 0 Å². The van der Waals surface area contributed by atoms with Crippen molar-refractivity contribution in [3.63, 3.8) is 0 Å². The van der Waals surface area contributed by atoms with Crippen LogP contribution in [-0.4, -0.2) is 37.2 Å². The van der Waals surface area contributed by atoms with Crippen LogP contribution in [0.1, 0.15) is 73.6 Å². The van der Waals surface area contributed by atoms with Crippen molar-refractivity contribution in [2.45, 2.75) is 59.0 Å². The molecule has 33 heavy (non-hydrogen) atoms. The molecule has 0 aliphatic rings. The van der Waals surface area contributed by atoms with Gasteiger partial charge < -0.3 is 18.9 Å². The summed E-state index contributed by atoms with van der Waals surface area (Å²) < 4.78 is 21.3. The van der Waals surface area contributed by atoms with Gasteiger partial charge in [0.1, 0.15) is 11.5 Å². The minimum atomic E-state index is -0.503. The maximum Gasteiger partial charge on any atom is 0.343 e. The van der Waals surface area contributed by atoms with E-state index in [1.165, 1.54) is 0 Å². The number of unbranched alkanes of at least 4 members (excludes halogenated alkanes) is 2. The Kier molecular flexibility index (Phi) is 10.9. The first-order valence-electron chi connectivity index (χ1n) is 11.3. The number of esters is 3. The van der Waals surface area contributed by atoms with E-state index in [2.05, 4.69) is 0 Å². The molecular weight excluding hydrogens is 424 g/mol. The molecule has 0 heterocycles. The van der Waals surface area contributed by atoms with Gasteiger partial charge in [-0.2, -0.15) is 0 Å². The van der Waals surface area contributed by atoms with Crippen LogP contribution in [-0.2, 0) is 14.3 Å². The summed E-state index contributed by atoms with van der Waals surface area (Å²) in [6.07, 6.45) is 3.61. The number of carbonyl (C=O) groups excluding carboxylic acids is 3. The Morgan fingerprint density at radius 3 is 1.94 bits per heavy atom. The van der Waals surface area contributed by atoms with Crippen LogP contribution in [0.15, 0.2) is 48.5 Å². The molecule has 2 aromatic rings. The number of ether oxygens (including phenoxy) is 4. The van der Waals surface area contributed by atoms with E-state index in [9.17, 15) is 14.4 Å². The molecule has 0 unspecified atom stereocenters. The first kappa shape index (κ1) is 25.9. The highest BCUT2D eigenvalue weighted by Gasteiger charge is 2.12. The van der Waals surface area contributed by atoms with Gasteiger partial charge in [0.25, 0.3) is 0 Å². The van der Waals surface area contributed by atoms with Crippen LogP contribution in [0.2, 0.25) is 0 Å². The molecule has 178 valence electrons. The van der Waals surface area contributed by atoms with Gasteiger partial charge in [0, 0.05) is 6.42 Å². The molecule has 0 spiro atoms. The van der Waals surface area contributed by atoms with Crippen molar-refractivity contribution in [3.05, 3.63) is 59.7 Å². The summed E-state index contributed by atoms with van der Waals surface area (Å²) in [7, 11) is 0. The van der Waals surface area contributed by atoms with Gasteiger partial charge in [-0.25, -0.2) is 9.59 Å². The van der Waals surface area contributed by atoms with Crippen molar-refractivity contribution in [3.8, 4) is 11.5 Å². The van der Waals surface area contributed by atoms with E-state index in [-0.39, 0.29) is 12.1 Å². The monoisotopic (exact) mass is 456 g/mol. The van der Waals surface area contributed by atoms with Gasteiger partial charge in [-0.3, -0.25) is 4.79 Å². The normalized spacial score (nSPS) is 10.5. The van der Waals surface area contributed by atoms with Crippen molar-refractivity contribution in [2.75, 3.05) is 13.2 Å². The van der Waals surface area contributed by atoms with Gasteiger partial charge in [0.15, 0.2) is 0 Å². The van der Waals surface area contributed by atoms with Crippen LogP contribution in [0.5, 0.6) is 11.5 Å². The quantitative estimate of drug-likeness (QED) is 0.228. The third kappa shape index (κ3) is 9.76. The lowest BCUT2D eigenvalue weighted by Crippen LogP contribution is -2.12. The van der Waals surface area contributed by atoms with E-state index < -0.39 is 11.9 Å². The zero-order chi connectivity index (χ0) is 24.1. The Labute approximate surface area is 195 Å². The van der Waals surface area contributed by atoms with Crippen LogP contribution >= 0.6 is 0 Å². The average molecular weight is 457 g/mol. The van der Waals surface area contributed by atoms with Gasteiger partial charge >= 0.3 is 17.9 Å². The summed E-state index contributed by atoms with van der Waals surface area (Å²) in [5, 5.41) is 0. The van der Waals surface area contributed by atoms with E-state index >= 15 is 0 Å². The molecule has 0 saturated heterocycles. The predicted molar refractivity (Wildman–Crippen MR) is 124 cm³/mol. The lowest BCUT2D eigenvalue weighted by atomic mass is 10.2. The second-order valence-corrected chi connectivity index (χ2v) is 7.77. The average Bonchev–Trinajstić information content (AvgIpc) is 2.79. The summed E-state index contributed by atoms with van der Waals surface area (Å²) in [6.45, 7) is 6.49. The SMILES string of the molecule is CCCC(=O)OCCCCCOc1ccc(C(=O)Oc2ccc(C(=O)OC(C)C)cc2)cc1. The van der Waals surface area contributed by atoms with Crippen molar-refractivity contribution in [1.82, 2.24) is 0 Å². The topological polar surface area (TPSA) is 88.1 Å². The standard InChI is InChI=1S/C26H32O7/c1-4-8-24(27)31-18-7-5-6-17-30-22-13-9-21(10-14-22)26(29)33-23-15-11-20(12-16-23)25(28)32-19(2)3/h9-16,19H,4-8,17-18H2,1-3H3. The third-order valence-electron chi connectivity index (χ3n) is 4.51. The molecular formula is C26H32O7. The molecule has 0 aliphatic heterocycles. The van der Waals surface area contributed by atoms with Gasteiger partial charge in [-0.15, -0.1) is 0 Å². The highest BCUT2D eigenvalue weighted by atomic mass is 16.5. The fourth-order valence-electron chi connectivity index (χ4n) is 2.83. The van der Waals surface area contributed by atoms with Gasteiger partial charge in [0.05, 0.1) is 30.4 Å². The van der Waals surface area contributed by atoms with E-state index in [1.54, 1.807) is 62.4 Å². The van der Waals surface area contributed by atoms with Gasteiger partial charge in [0.2, 0.25) is 0 Å². The Bertz CT molecular complexity index is 886. The molecule has 0 fully saturated rings. The first-order chi connectivity index (χ1) is 15.9. The number of carbonyl (C=O) groups is 3. The van der Waals surface area contributed by atoms with Crippen molar-refractivity contribution in [1.29, 1.82) is 0 Å². The van der Waals surface area contributed by atoms with Crippen molar-refractivity contribution >= 4 is 17.9 Å². The Hall–Kier alpha value is -3.35. The molecule has 7 nitrogen and oxygen atoms in total. The molecule has 0 saturated carbocycles. The number of hydrogen-bond acceptors (Lipinski definition) is 7. The summed E-state index contributed by atoms with van der Waals surface area (Å²) >= 11 is 0. The van der Waals surface area contributed by atoms with E-state index in [4.69, 9.17) is 18.9 Å². The number of benzene rings is 2. The highest BCUT2D eigenvalue weighted by molar-refractivity contribution is 5.92. The van der Waals surface area contributed by atoms with Crippen molar-refractivity contribution in [2.24, 2.45) is 0 Å². The smallest absolute Gasteiger partial charge is 0.343 e. The second-order valence-electron chi connectivity index (χ2n) is 7.77. The summed E-state index contributed by atoms with van der Waals surface area (Å²) in [6, 6.07) is 12.9. The molecule has 0 amide bonds. The van der Waals surface area contributed by atoms with E-state index in [0.29, 0.717) is 42.3 Å². The fraction of sp³-hybridized carbons (Fsp3) is 0.423. The summed E-state index contributed by atoms with van der Waals surface area (Å²) in [5.41, 5.74) is 0.780. The molecule has 0 atom stereocenters. The van der Waals surface area contributed by atoms with Gasteiger partial charge in [-0.1, -0.05) is 6.92 Å². The minimum Gasteiger partial charge on any atom is -0.494 e. The molecule has 0 aliphatic carbocycles. The Morgan fingerprint density at radius 2 is 1.33 bits per heavy atom. The first-order valence-corrected chi connectivity index (χ1v) is 11.3. The van der Waals surface area contributed by atoms with Crippen LogP contribution in [0, 0.1) is 0 Å². The molecule has 2 aromatic carbocycles. The van der Waals surface area contributed by atoms with Crippen LogP contribution in [0.25, 0.3) is 0 Å². The zero-order valence-electron chi connectivity index (χ0n) is 19.5. The highest BCUT2D eigenvalue weighted by Crippen LogP contribution is 2.18. The van der Waals surface area contributed by atoms with Gasteiger partial charge in [-0.05, 0) is 88.1 Å². The van der Waals surface area contributed by atoms with Crippen molar-refractivity contribution < 1.29 is 33.3 Å². The van der Waals surface area contributed by atoms with E-state index in [0.717, 1.165) is 25.7 Å². The lowest BCUT2D eigenvalue weighted by Gasteiger charge is -2.09. The molecule has 0 bridgehead atoms. The Balaban J connectivity index is 1.71. The molecule has 0 radical (unpaired) electrons. The maximum atomic E-state index is 12.3. The molecule has 7 heteroatoms. The molecule has 0 aromatic heterocycles. The largest absolute Gasteiger partial charge is 0.494 e. The third-order valence-corrected chi connectivity index (χ3v) is 4.51. The van der Waals surface area contributed by atoms with Crippen LogP contribution < -0.4 is 9.47 Å². The predicted octanol–water partition coefficient (Wildman–Crippen LogP) is 5.36. The second kappa shape index (κ2) is 13.9. The fourth-order valence-corrected chi connectivity index (χ4v) is 2.83. The minimum absolute atomic E-state index is 0.143. The Morgan fingerprint density at radius 1 is 0.758 bits per heavy atom. The summed E-state index contributed by atoms with van der Waals surface area (Å²) in [4.78, 5) is 35.5.